The fourth-order valence-corrected chi connectivity index (χ4v) is 2.90. The van der Waals surface area contributed by atoms with Crippen LogP contribution < -0.4 is 5.32 Å². The maximum Gasteiger partial charge on any atom is 0.453 e. The van der Waals surface area contributed by atoms with E-state index in [2.05, 4.69) is 25.4 Å². The van der Waals surface area contributed by atoms with Gasteiger partial charge in [0, 0.05) is 35.4 Å². The summed E-state index contributed by atoms with van der Waals surface area (Å²) in [5.74, 6) is -0.850. The van der Waals surface area contributed by atoms with Crippen molar-refractivity contribution < 1.29 is 13.2 Å². The number of hydrogen-bond donors (Lipinski definition) is 2. The molecule has 6 nitrogen and oxygen atoms in total. The van der Waals surface area contributed by atoms with Crippen LogP contribution in [0.4, 0.5) is 19.0 Å². The highest BCUT2D eigenvalue weighted by Gasteiger charge is 2.36. The van der Waals surface area contributed by atoms with Gasteiger partial charge in [0.15, 0.2) is 0 Å². The average molecular weight is 360 g/mol. The second-order valence-electron chi connectivity index (χ2n) is 5.96. The third kappa shape index (κ3) is 2.96. The first-order chi connectivity index (χ1) is 12.4. The van der Waals surface area contributed by atoms with E-state index in [9.17, 15) is 13.2 Å². The second kappa shape index (κ2) is 6.01. The smallest absolute Gasteiger partial charge is 0.370 e. The number of benzene rings is 1. The van der Waals surface area contributed by atoms with Crippen molar-refractivity contribution in [2.24, 2.45) is 0 Å². The van der Waals surface area contributed by atoms with Crippen LogP contribution in [0.3, 0.4) is 0 Å². The van der Waals surface area contributed by atoms with Crippen molar-refractivity contribution in [1.29, 1.82) is 0 Å². The summed E-state index contributed by atoms with van der Waals surface area (Å²) in [6.45, 7) is 2.23. The van der Waals surface area contributed by atoms with Gasteiger partial charge >= 0.3 is 6.18 Å². The first-order valence-electron chi connectivity index (χ1n) is 8.02. The van der Waals surface area contributed by atoms with Gasteiger partial charge < -0.3 is 10.3 Å². The number of anilines is 1. The molecule has 0 unspecified atom stereocenters. The molecule has 0 atom stereocenters. The fourth-order valence-electron chi connectivity index (χ4n) is 2.90. The lowest BCUT2D eigenvalue weighted by Gasteiger charge is -2.08. The van der Waals surface area contributed by atoms with Crippen molar-refractivity contribution in [3.8, 4) is 0 Å². The normalized spacial score (nSPS) is 12.2. The van der Waals surface area contributed by atoms with Gasteiger partial charge in [0.05, 0.1) is 0 Å². The van der Waals surface area contributed by atoms with Gasteiger partial charge in [-0.1, -0.05) is 18.2 Å². The Kier molecular flexibility index (Phi) is 3.78. The Hall–Kier alpha value is -3.10. The summed E-state index contributed by atoms with van der Waals surface area (Å²) in [7, 11) is 0. The molecular formula is C17H15F3N6. The Bertz CT molecular complexity index is 1080. The van der Waals surface area contributed by atoms with Gasteiger partial charge in [-0.2, -0.15) is 22.7 Å². The van der Waals surface area contributed by atoms with Crippen molar-refractivity contribution >= 4 is 22.5 Å². The fraction of sp³-hybridized carbons (Fsp3) is 0.235. The van der Waals surface area contributed by atoms with Crippen LogP contribution in [-0.2, 0) is 12.6 Å². The molecule has 0 fully saturated rings. The van der Waals surface area contributed by atoms with Crippen LogP contribution in [0.5, 0.6) is 0 Å². The predicted molar refractivity (Wildman–Crippen MR) is 91.0 cm³/mol. The number of nitrogens with zero attached hydrogens (tertiary/aromatic N) is 4. The molecule has 0 bridgehead atoms. The van der Waals surface area contributed by atoms with Crippen LogP contribution in [0.25, 0.3) is 16.7 Å². The van der Waals surface area contributed by atoms with Crippen molar-refractivity contribution in [3.63, 3.8) is 0 Å². The summed E-state index contributed by atoms with van der Waals surface area (Å²) >= 11 is 0. The molecule has 0 aliphatic rings. The lowest BCUT2D eigenvalue weighted by Crippen LogP contribution is -2.11. The topological polar surface area (TPSA) is 70.9 Å². The number of H-pyrrole nitrogens is 1. The highest BCUT2D eigenvalue weighted by atomic mass is 19.4. The van der Waals surface area contributed by atoms with E-state index in [1.54, 1.807) is 13.0 Å². The molecule has 2 N–H and O–H groups in total. The molecule has 3 aromatic heterocycles. The third-order valence-corrected chi connectivity index (χ3v) is 4.07. The average Bonchev–Trinajstić information content (AvgIpc) is 3.19. The molecular weight excluding hydrogens is 345 g/mol. The van der Waals surface area contributed by atoms with Crippen LogP contribution in [0.15, 0.2) is 36.5 Å². The molecule has 0 spiro atoms. The van der Waals surface area contributed by atoms with Crippen molar-refractivity contribution in [2.75, 3.05) is 11.9 Å². The third-order valence-electron chi connectivity index (χ3n) is 4.07. The van der Waals surface area contributed by atoms with E-state index < -0.39 is 12.0 Å². The van der Waals surface area contributed by atoms with Crippen LogP contribution in [0.1, 0.15) is 17.1 Å². The van der Waals surface area contributed by atoms with Gasteiger partial charge in [-0.3, -0.25) is 0 Å². The minimum atomic E-state index is -4.61. The molecule has 0 saturated carbocycles. The number of aryl methyl sites for hydroxylation is 1. The van der Waals surface area contributed by atoms with Crippen LogP contribution >= 0.6 is 0 Å². The van der Waals surface area contributed by atoms with Crippen molar-refractivity contribution in [1.82, 2.24) is 24.6 Å². The quantitative estimate of drug-likeness (QED) is 0.583. The molecule has 0 radical (unpaired) electrons. The summed E-state index contributed by atoms with van der Waals surface area (Å²) < 4.78 is 39.7. The first kappa shape index (κ1) is 16.4. The number of aromatic amines is 1. The number of fused-ring (bicyclic) bond motifs is 2. The van der Waals surface area contributed by atoms with Crippen molar-refractivity contribution in [3.05, 3.63) is 53.6 Å². The largest absolute Gasteiger partial charge is 0.453 e. The van der Waals surface area contributed by atoms with Crippen LogP contribution in [0.2, 0.25) is 0 Å². The molecule has 0 aliphatic carbocycles. The lowest BCUT2D eigenvalue weighted by molar-refractivity contribution is -0.144. The molecule has 9 heteroatoms. The molecule has 26 heavy (non-hydrogen) atoms. The summed E-state index contributed by atoms with van der Waals surface area (Å²) in [5, 5.41) is 7.81. The Labute approximate surface area is 146 Å². The molecule has 4 rings (SSSR count). The second-order valence-corrected chi connectivity index (χ2v) is 5.96. The summed E-state index contributed by atoms with van der Waals surface area (Å²) in [6, 6.07) is 9.60. The molecule has 0 aliphatic heterocycles. The van der Waals surface area contributed by atoms with Crippen LogP contribution in [0, 0.1) is 6.92 Å². The van der Waals surface area contributed by atoms with E-state index in [-0.39, 0.29) is 5.78 Å². The van der Waals surface area contributed by atoms with E-state index in [4.69, 9.17) is 0 Å². The van der Waals surface area contributed by atoms with Crippen LogP contribution in [-0.4, -0.2) is 31.1 Å². The summed E-state index contributed by atoms with van der Waals surface area (Å²) in [5.41, 5.74) is 2.74. The van der Waals surface area contributed by atoms with Gasteiger partial charge in [-0.05, 0) is 25.0 Å². The molecule has 134 valence electrons. The molecule has 1 aromatic carbocycles. The van der Waals surface area contributed by atoms with Gasteiger partial charge in [0.2, 0.25) is 0 Å². The Balaban J connectivity index is 1.58. The predicted octanol–water partition coefficient (Wildman–Crippen LogP) is 3.59. The van der Waals surface area contributed by atoms with E-state index in [1.165, 1.54) is 0 Å². The molecule has 0 amide bonds. The van der Waals surface area contributed by atoms with Gasteiger partial charge in [0.1, 0.15) is 5.82 Å². The maximum absolute atomic E-state index is 12.9. The van der Waals surface area contributed by atoms with E-state index >= 15 is 0 Å². The summed E-state index contributed by atoms with van der Waals surface area (Å²) in [6.07, 6.45) is -1.96. The number of nitrogens with one attached hydrogen (secondary N) is 2. The van der Waals surface area contributed by atoms with Gasteiger partial charge in [0.25, 0.3) is 11.6 Å². The number of alkyl halides is 3. The zero-order chi connectivity index (χ0) is 18.3. The van der Waals surface area contributed by atoms with E-state index in [0.717, 1.165) is 21.0 Å². The standard InChI is InChI=1S/C17H15F3N6/c1-10-8-14(26-16(23-10)24-15(25-26)17(18,19)20)21-7-6-11-9-22-13-5-3-2-4-12(11)13/h2-5,8-9,21-22H,6-7H2,1H3. The zero-order valence-electron chi connectivity index (χ0n) is 13.8. The number of halogens is 3. The number of rotatable bonds is 4. The minimum Gasteiger partial charge on any atom is -0.370 e. The monoisotopic (exact) mass is 360 g/mol. The van der Waals surface area contributed by atoms with Gasteiger partial charge in [-0.15, -0.1) is 5.10 Å². The number of aromatic nitrogens is 5. The molecule has 0 saturated heterocycles. The Morgan fingerprint density at radius 1 is 1.19 bits per heavy atom. The minimum absolute atomic E-state index is 0.0769. The molecule has 3 heterocycles. The Morgan fingerprint density at radius 2 is 2.00 bits per heavy atom. The maximum atomic E-state index is 12.9. The van der Waals surface area contributed by atoms with Gasteiger partial charge in [-0.25, -0.2) is 4.98 Å². The zero-order valence-corrected chi connectivity index (χ0v) is 13.8. The molecule has 4 aromatic rings. The van der Waals surface area contributed by atoms with E-state index in [1.807, 2.05) is 30.5 Å². The van der Waals surface area contributed by atoms with Crippen molar-refractivity contribution in [2.45, 2.75) is 19.5 Å². The number of para-hydroxylation sites is 1. The summed E-state index contributed by atoms with van der Waals surface area (Å²) in [4.78, 5) is 10.7. The highest BCUT2D eigenvalue weighted by molar-refractivity contribution is 5.83. The van der Waals surface area contributed by atoms with E-state index in [0.29, 0.717) is 24.5 Å². The Morgan fingerprint density at radius 3 is 2.81 bits per heavy atom. The highest BCUT2D eigenvalue weighted by Crippen LogP contribution is 2.27. The first-order valence-corrected chi connectivity index (χ1v) is 8.02. The number of hydrogen-bond acceptors (Lipinski definition) is 4. The lowest BCUT2D eigenvalue weighted by atomic mass is 10.1. The SMILES string of the molecule is Cc1cc(NCCc2c[nH]c3ccccc23)n2nc(C(F)(F)F)nc2n1.